The van der Waals surface area contributed by atoms with Crippen LogP contribution in [0.2, 0.25) is 0 Å². The van der Waals surface area contributed by atoms with E-state index in [9.17, 15) is 4.79 Å². The van der Waals surface area contributed by atoms with E-state index in [-0.39, 0.29) is 12.5 Å². The van der Waals surface area contributed by atoms with Crippen LogP contribution >= 0.6 is 0 Å². The highest BCUT2D eigenvalue weighted by molar-refractivity contribution is 6.05. The number of aromatic nitrogens is 2. The van der Waals surface area contributed by atoms with Crippen molar-refractivity contribution in [1.82, 2.24) is 14.9 Å². The Bertz CT molecular complexity index is 1320. The van der Waals surface area contributed by atoms with Crippen molar-refractivity contribution in [3.8, 4) is 28.2 Å². The zero-order chi connectivity index (χ0) is 24.9. The highest BCUT2D eigenvalue weighted by atomic mass is 16.5. The predicted molar refractivity (Wildman–Crippen MR) is 139 cm³/mol. The first kappa shape index (κ1) is 23.8. The van der Waals surface area contributed by atoms with Gasteiger partial charge in [-0.2, -0.15) is 0 Å². The number of likely N-dealkylation sites (tertiary alicyclic amines) is 1. The van der Waals surface area contributed by atoms with Gasteiger partial charge in [-0.25, -0.2) is 9.97 Å². The molecule has 1 unspecified atom stereocenters. The lowest BCUT2D eigenvalue weighted by atomic mass is 9.98. The van der Waals surface area contributed by atoms with E-state index in [0.717, 1.165) is 71.9 Å². The molecule has 0 aliphatic carbocycles. The van der Waals surface area contributed by atoms with Gasteiger partial charge in [0.2, 0.25) is 5.71 Å². The number of ether oxygens (including phenoxy) is 1. The van der Waals surface area contributed by atoms with Crippen molar-refractivity contribution in [1.29, 1.82) is 0 Å². The summed E-state index contributed by atoms with van der Waals surface area (Å²) in [4.78, 5) is 22.3. The zero-order valence-electron chi connectivity index (χ0n) is 20.3. The third kappa shape index (κ3) is 5.18. The molecule has 8 nitrogen and oxygen atoms in total. The van der Waals surface area contributed by atoms with Gasteiger partial charge in [-0.15, -0.1) is 0 Å². The largest absolute Gasteiger partial charge is 0.497 e. The summed E-state index contributed by atoms with van der Waals surface area (Å²) in [6, 6.07) is 18.2. The van der Waals surface area contributed by atoms with Crippen LogP contribution in [-0.2, 0) is 4.79 Å². The third-order valence-corrected chi connectivity index (χ3v) is 6.61. The first-order valence-electron chi connectivity index (χ1n) is 12.3. The standard InChI is InChI=1S/C28H30N4O4/c1-35-22-13-11-19(12-14-22)24-25-27(31-21-9-5-15-32(17-21)16-6-10-23(33)34)29-18-30-28(25)36-26(24)20-7-3-2-4-8-20/h2-4,7-8,11-14,18,21H,5-6,9-10,15-17H2,1H3,(H,33,34)(H,29,30,31). The number of carboxylic acids is 1. The molecule has 5 rings (SSSR count). The number of hydrogen-bond acceptors (Lipinski definition) is 7. The Labute approximate surface area is 209 Å². The fourth-order valence-corrected chi connectivity index (χ4v) is 4.89. The van der Waals surface area contributed by atoms with Crippen molar-refractivity contribution in [2.75, 3.05) is 32.1 Å². The quantitative estimate of drug-likeness (QED) is 0.328. The minimum atomic E-state index is -0.745. The lowest BCUT2D eigenvalue weighted by Gasteiger charge is -2.33. The van der Waals surface area contributed by atoms with Crippen molar-refractivity contribution in [2.24, 2.45) is 0 Å². The Hall–Kier alpha value is -3.91. The van der Waals surface area contributed by atoms with Gasteiger partial charge >= 0.3 is 5.97 Å². The fraction of sp³-hybridized carbons (Fsp3) is 0.321. The van der Waals surface area contributed by atoms with Crippen molar-refractivity contribution < 1.29 is 19.1 Å². The number of nitrogens with one attached hydrogen (secondary N) is 1. The van der Waals surface area contributed by atoms with Gasteiger partial charge in [0.25, 0.3) is 0 Å². The van der Waals surface area contributed by atoms with Crippen LogP contribution in [0.3, 0.4) is 0 Å². The maximum atomic E-state index is 10.9. The lowest BCUT2D eigenvalue weighted by molar-refractivity contribution is -0.137. The molecule has 186 valence electrons. The van der Waals surface area contributed by atoms with E-state index in [1.165, 1.54) is 6.33 Å². The highest BCUT2D eigenvalue weighted by Crippen LogP contribution is 2.43. The van der Waals surface area contributed by atoms with Gasteiger partial charge in [0.15, 0.2) is 0 Å². The van der Waals surface area contributed by atoms with Crippen molar-refractivity contribution in [3.05, 3.63) is 60.9 Å². The average molecular weight is 487 g/mol. The van der Waals surface area contributed by atoms with Gasteiger partial charge in [0.1, 0.15) is 23.7 Å². The molecule has 1 atom stereocenters. The molecule has 3 heterocycles. The van der Waals surface area contributed by atoms with E-state index in [1.54, 1.807) is 7.11 Å². The summed E-state index contributed by atoms with van der Waals surface area (Å²) in [5.41, 5.74) is 3.43. The Morgan fingerprint density at radius 2 is 1.94 bits per heavy atom. The van der Waals surface area contributed by atoms with Crippen LogP contribution in [0, 0.1) is 0 Å². The van der Waals surface area contributed by atoms with Gasteiger partial charge < -0.3 is 24.5 Å². The van der Waals surface area contributed by atoms with Gasteiger partial charge in [-0.05, 0) is 50.0 Å². The number of rotatable bonds is 9. The van der Waals surface area contributed by atoms with Gasteiger partial charge in [0.05, 0.1) is 12.5 Å². The highest BCUT2D eigenvalue weighted by Gasteiger charge is 2.25. The molecule has 2 N–H and O–H groups in total. The Kier molecular flexibility index (Phi) is 7.13. The molecule has 8 heteroatoms. The number of aliphatic carboxylic acids is 1. The minimum absolute atomic E-state index is 0.195. The summed E-state index contributed by atoms with van der Waals surface area (Å²) in [6.07, 6.45) is 4.45. The third-order valence-electron chi connectivity index (χ3n) is 6.61. The maximum Gasteiger partial charge on any atom is 0.303 e. The van der Waals surface area contributed by atoms with E-state index < -0.39 is 5.97 Å². The van der Waals surface area contributed by atoms with Gasteiger partial charge in [-0.1, -0.05) is 42.5 Å². The smallest absolute Gasteiger partial charge is 0.303 e. The SMILES string of the molecule is COc1ccc(-c2c(-c3ccccc3)oc3ncnc(NC4CCCN(CCCC(=O)O)C4)c23)cc1. The number of fused-ring (bicyclic) bond motifs is 1. The van der Waals surface area contributed by atoms with Crippen molar-refractivity contribution in [3.63, 3.8) is 0 Å². The average Bonchev–Trinajstić information content (AvgIpc) is 3.30. The van der Waals surface area contributed by atoms with E-state index in [0.29, 0.717) is 12.1 Å². The number of methoxy groups -OCH3 is 1. The molecule has 1 aliphatic heterocycles. The second-order valence-corrected chi connectivity index (χ2v) is 9.08. The summed E-state index contributed by atoms with van der Waals surface area (Å²) in [5.74, 6) is 1.53. The van der Waals surface area contributed by atoms with Crippen LogP contribution < -0.4 is 10.1 Å². The number of carbonyl (C=O) groups is 1. The van der Waals surface area contributed by atoms with Crippen LogP contribution in [-0.4, -0.2) is 58.7 Å². The first-order valence-corrected chi connectivity index (χ1v) is 12.3. The Morgan fingerprint density at radius 3 is 2.69 bits per heavy atom. The normalized spacial score (nSPS) is 16.2. The van der Waals surface area contributed by atoms with Crippen LogP contribution in [0.15, 0.2) is 65.3 Å². The molecule has 0 radical (unpaired) electrons. The van der Waals surface area contributed by atoms with E-state index in [1.807, 2.05) is 54.6 Å². The molecule has 0 bridgehead atoms. The van der Waals surface area contributed by atoms with Crippen LogP contribution in [0.25, 0.3) is 33.6 Å². The van der Waals surface area contributed by atoms with Crippen LogP contribution in [0.5, 0.6) is 5.75 Å². The van der Waals surface area contributed by atoms with E-state index >= 15 is 0 Å². The topological polar surface area (TPSA) is 101 Å². The molecule has 36 heavy (non-hydrogen) atoms. The monoisotopic (exact) mass is 486 g/mol. The zero-order valence-corrected chi connectivity index (χ0v) is 20.3. The van der Waals surface area contributed by atoms with E-state index in [4.69, 9.17) is 14.3 Å². The molecule has 0 saturated carbocycles. The molecule has 4 aromatic rings. The summed E-state index contributed by atoms with van der Waals surface area (Å²) < 4.78 is 11.7. The molecule has 0 amide bonds. The Balaban J connectivity index is 1.50. The number of furan rings is 1. The number of nitrogens with zero attached hydrogens (tertiary/aromatic N) is 3. The molecule has 0 spiro atoms. The van der Waals surface area contributed by atoms with Crippen LogP contribution in [0.4, 0.5) is 5.82 Å². The number of benzene rings is 2. The summed E-state index contributed by atoms with van der Waals surface area (Å²) in [6.45, 7) is 2.61. The lowest BCUT2D eigenvalue weighted by Crippen LogP contribution is -2.42. The molecule has 1 fully saturated rings. The summed E-state index contributed by atoms with van der Waals surface area (Å²) in [5, 5.41) is 13.5. The fourth-order valence-electron chi connectivity index (χ4n) is 4.89. The predicted octanol–water partition coefficient (Wildman–Crippen LogP) is 5.31. The minimum Gasteiger partial charge on any atom is -0.497 e. The number of piperidine rings is 1. The first-order chi connectivity index (χ1) is 17.6. The van der Waals surface area contributed by atoms with Crippen molar-refractivity contribution in [2.45, 2.75) is 31.7 Å². The van der Waals surface area contributed by atoms with Crippen molar-refractivity contribution >= 4 is 22.9 Å². The molecular weight excluding hydrogens is 456 g/mol. The Morgan fingerprint density at radius 1 is 1.14 bits per heavy atom. The number of anilines is 1. The molecule has 1 aliphatic rings. The van der Waals surface area contributed by atoms with Gasteiger partial charge in [0, 0.05) is 30.1 Å². The second kappa shape index (κ2) is 10.8. The molecule has 2 aromatic carbocycles. The van der Waals surface area contributed by atoms with Crippen LogP contribution in [0.1, 0.15) is 25.7 Å². The summed E-state index contributed by atoms with van der Waals surface area (Å²) in [7, 11) is 1.66. The molecule has 1 saturated heterocycles. The van der Waals surface area contributed by atoms with Gasteiger partial charge in [-0.3, -0.25) is 4.79 Å². The molecule has 2 aromatic heterocycles. The number of hydrogen-bond donors (Lipinski definition) is 2. The second-order valence-electron chi connectivity index (χ2n) is 9.08. The number of carboxylic acid groups (broad SMARTS) is 1. The van der Waals surface area contributed by atoms with E-state index in [2.05, 4.69) is 20.2 Å². The maximum absolute atomic E-state index is 10.9. The summed E-state index contributed by atoms with van der Waals surface area (Å²) >= 11 is 0. The molecular formula is C28H30N4O4.